The van der Waals surface area contributed by atoms with Crippen molar-refractivity contribution >= 4 is 27.3 Å². The average molecular weight is 530 g/mol. The Morgan fingerprint density at radius 1 is 0.700 bits per heavy atom. The number of halogens is 1. The van der Waals surface area contributed by atoms with Crippen molar-refractivity contribution in [3.63, 3.8) is 0 Å². The summed E-state index contributed by atoms with van der Waals surface area (Å²) >= 11 is 0. The lowest BCUT2D eigenvalue weighted by molar-refractivity contribution is 0.115. The Morgan fingerprint density at radius 2 is 1.30 bits per heavy atom. The smallest absolute Gasteiger partial charge is 0.146 e. The predicted molar refractivity (Wildman–Crippen MR) is 166 cm³/mol. The number of imidazole rings is 1. The van der Waals surface area contributed by atoms with E-state index in [1.165, 1.54) is 33.4 Å². The number of aromatic nitrogens is 3. The molecular formula is C36H36FN3. The van der Waals surface area contributed by atoms with Gasteiger partial charge in [0.05, 0.1) is 17.4 Å². The number of benzene rings is 3. The number of alkyl halides is 1. The molecule has 0 bridgehead atoms. The number of hydrogen-bond acceptors (Lipinski definition) is 2. The van der Waals surface area contributed by atoms with Gasteiger partial charge >= 0.3 is 0 Å². The van der Waals surface area contributed by atoms with E-state index < -0.39 is 11.1 Å². The first kappa shape index (κ1) is 26.2. The van der Waals surface area contributed by atoms with Crippen LogP contribution in [0.1, 0.15) is 55.5 Å². The zero-order valence-electron chi connectivity index (χ0n) is 24.6. The molecule has 3 aromatic heterocycles. The van der Waals surface area contributed by atoms with E-state index in [2.05, 4.69) is 91.7 Å². The molecule has 0 unspecified atom stereocenters. The molecule has 0 N–H and O–H groups in total. The molecule has 40 heavy (non-hydrogen) atoms. The summed E-state index contributed by atoms with van der Waals surface area (Å²) < 4.78 is 18.1. The first-order valence-electron chi connectivity index (χ1n) is 14.0. The first-order valence-corrected chi connectivity index (χ1v) is 14.0. The van der Waals surface area contributed by atoms with E-state index in [0.717, 1.165) is 44.1 Å². The highest BCUT2D eigenvalue weighted by Crippen LogP contribution is 2.44. The molecule has 0 atom stereocenters. The molecule has 202 valence electrons. The number of rotatable bonds is 4. The summed E-state index contributed by atoms with van der Waals surface area (Å²) in [6.07, 6.45) is 5.73. The molecule has 0 aliphatic rings. The highest BCUT2D eigenvalue weighted by atomic mass is 19.1. The van der Waals surface area contributed by atoms with Gasteiger partial charge in [0, 0.05) is 39.5 Å². The molecule has 3 nitrogen and oxygen atoms in total. The topological polar surface area (TPSA) is 30.2 Å². The summed E-state index contributed by atoms with van der Waals surface area (Å²) in [5.74, 6) is 0. The van der Waals surface area contributed by atoms with Crippen LogP contribution in [-0.4, -0.2) is 20.0 Å². The number of fused-ring (bicyclic) bond motifs is 6. The summed E-state index contributed by atoms with van der Waals surface area (Å²) in [6.45, 7) is 15.8. The molecule has 0 radical (unpaired) electrons. The molecule has 0 saturated carbocycles. The van der Waals surface area contributed by atoms with Crippen LogP contribution >= 0.6 is 0 Å². The molecule has 0 saturated heterocycles. The second-order valence-corrected chi connectivity index (χ2v) is 12.3. The lowest BCUT2D eigenvalue weighted by atomic mass is 9.72. The summed E-state index contributed by atoms with van der Waals surface area (Å²) in [5, 5.41) is 3.02. The molecular weight excluding hydrogens is 493 g/mol. The minimum Gasteiger partial charge on any atom is -0.292 e. The lowest BCUT2D eigenvalue weighted by Crippen LogP contribution is -2.39. The highest BCUT2D eigenvalue weighted by Gasteiger charge is 2.40. The van der Waals surface area contributed by atoms with Gasteiger partial charge in [0.2, 0.25) is 0 Å². The fourth-order valence-electron chi connectivity index (χ4n) is 6.24. The molecule has 0 amide bonds. The molecule has 6 aromatic rings. The maximum absolute atomic E-state index is 15.8. The molecule has 0 aliphatic carbocycles. The van der Waals surface area contributed by atoms with E-state index in [0.29, 0.717) is 0 Å². The second-order valence-electron chi connectivity index (χ2n) is 12.3. The number of hydrogen-bond donors (Lipinski definition) is 0. The normalized spacial score (nSPS) is 12.6. The maximum atomic E-state index is 15.8. The zero-order valence-corrected chi connectivity index (χ0v) is 24.6. The van der Waals surface area contributed by atoms with Crippen LogP contribution in [-0.2, 0) is 5.41 Å². The van der Waals surface area contributed by atoms with Gasteiger partial charge in [0.1, 0.15) is 11.3 Å². The summed E-state index contributed by atoms with van der Waals surface area (Å²) in [4.78, 5) is 9.71. The van der Waals surface area contributed by atoms with E-state index in [-0.39, 0.29) is 0 Å². The third kappa shape index (κ3) is 3.76. The SMILES string of the molecule is Cc1cccc(C)c1-c1ccc2c(c1)c1cncc(C(C)(C)C(C)(C)F)c1c1ncc(-c3c(C)cccc3C)n21. The van der Waals surface area contributed by atoms with Crippen molar-refractivity contribution in [1.82, 2.24) is 14.4 Å². The fraction of sp³-hybridized carbons (Fsp3) is 0.278. The standard InChI is InChI=1S/C36H36FN3/c1-21-11-9-12-22(2)31(21)25-15-16-29-26(17-25)27-18-38-19-28(35(5,6)36(7,8)37)33(27)34-39-20-30(40(29)34)32-23(3)13-10-14-24(32)4/h9-20H,1-8H3. The second kappa shape index (κ2) is 8.99. The van der Waals surface area contributed by atoms with Gasteiger partial charge in [-0.1, -0.05) is 56.3 Å². The summed E-state index contributed by atoms with van der Waals surface area (Å²) in [6, 6.07) is 19.5. The minimum absolute atomic E-state index is 0.803. The number of pyridine rings is 2. The van der Waals surface area contributed by atoms with Gasteiger partial charge in [-0.25, -0.2) is 9.37 Å². The fourth-order valence-corrected chi connectivity index (χ4v) is 6.24. The molecule has 3 heterocycles. The largest absolute Gasteiger partial charge is 0.292 e. The van der Waals surface area contributed by atoms with Crippen LogP contribution in [0, 0.1) is 27.7 Å². The van der Waals surface area contributed by atoms with Crippen LogP contribution < -0.4 is 0 Å². The van der Waals surface area contributed by atoms with Gasteiger partial charge in [-0.15, -0.1) is 0 Å². The van der Waals surface area contributed by atoms with Crippen molar-refractivity contribution in [3.8, 4) is 22.4 Å². The molecule has 0 spiro atoms. The number of aryl methyl sites for hydroxylation is 4. The molecule has 4 heteroatoms. The quantitative estimate of drug-likeness (QED) is 0.213. The van der Waals surface area contributed by atoms with E-state index in [4.69, 9.17) is 4.98 Å². The Kier molecular flexibility index (Phi) is 5.88. The van der Waals surface area contributed by atoms with Crippen LogP contribution in [0.15, 0.2) is 73.2 Å². The van der Waals surface area contributed by atoms with Gasteiger partial charge < -0.3 is 0 Å². The molecule has 0 fully saturated rings. The third-order valence-electron chi connectivity index (χ3n) is 9.13. The van der Waals surface area contributed by atoms with Crippen molar-refractivity contribution < 1.29 is 4.39 Å². The van der Waals surface area contributed by atoms with E-state index in [9.17, 15) is 0 Å². The van der Waals surface area contributed by atoms with Gasteiger partial charge in [-0.2, -0.15) is 0 Å². The number of nitrogens with zero attached hydrogens (tertiary/aromatic N) is 3. The van der Waals surface area contributed by atoms with Crippen molar-refractivity contribution in [2.75, 3.05) is 0 Å². The average Bonchev–Trinajstić information content (AvgIpc) is 3.32. The predicted octanol–water partition coefficient (Wildman–Crippen LogP) is 9.63. The molecule has 0 aliphatic heterocycles. The van der Waals surface area contributed by atoms with Crippen molar-refractivity contribution in [1.29, 1.82) is 0 Å². The van der Waals surface area contributed by atoms with Crippen LogP contribution in [0.4, 0.5) is 4.39 Å². The monoisotopic (exact) mass is 529 g/mol. The minimum atomic E-state index is -1.48. The van der Waals surface area contributed by atoms with Crippen LogP contribution in [0.2, 0.25) is 0 Å². The van der Waals surface area contributed by atoms with Gasteiger partial charge in [0.15, 0.2) is 0 Å². The van der Waals surface area contributed by atoms with E-state index >= 15 is 4.39 Å². The zero-order chi connectivity index (χ0) is 28.6. The molecule has 3 aromatic carbocycles. The maximum Gasteiger partial charge on any atom is 0.146 e. The van der Waals surface area contributed by atoms with Gasteiger partial charge in [-0.3, -0.25) is 9.38 Å². The van der Waals surface area contributed by atoms with Crippen molar-refractivity contribution in [2.45, 2.75) is 66.5 Å². The Balaban J connectivity index is 1.83. The van der Waals surface area contributed by atoms with E-state index in [1.807, 2.05) is 32.4 Å². The lowest BCUT2D eigenvalue weighted by Gasteiger charge is -2.36. The molecule has 6 rings (SSSR count). The van der Waals surface area contributed by atoms with Crippen molar-refractivity contribution in [3.05, 3.63) is 101 Å². The van der Waals surface area contributed by atoms with E-state index in [1.54, 1.807) is 13.8 Å². The van der Waals surface area contributed by atoms with Gasteiger partial charge in [0.25, 0.3) is 0 Å². The Hall–Kier alpha value is -4.05. The van der Waals surface area contributed by atoms with Crippen LogP contribution in [0.25, 0.3) is 49.7 Å². The first-order chi connectivity index (χ1) is 18.9. The van der Waals surface area contributed by atoms with Crippen molar-refractivity contribution in [2.24, 2.45) is 0 Å². The Morgan fingerprint density at radius 3 is 1.90 bits per heavy atom. The summed E-state index contributed by atoms with van der Waals surface area (Å²) in [5.41, 5.74) is 9.96. The summed E-state index contributed by atoms with van der Waals surface area (Å²) in [7, 11) is 0. The third-order valence-corrected chi connectivity index (χ3v) is 9.13. The highest BCUT2D eigenvalue weighted by molar-refractivity contribution is 6.14. The Labute approximate surface area is 235 Å². The van der Waals surface area contributed by atoms with Gasteiger partial charge in [-0.05, 0) is 92.6 Å². The van der Waals surface area contributed by atoms with Crippen LogP contribution in [0.5, 0.6) is 0 Å². The van der Waals surface area contributed by atoms with Crippen LogP contribution in [0.3, 0.4) is 0 Å². The Bertz CT molecular complexity index is 1910.